The van der Waals surface area contributed by atoms with Crippen molar-refractivity contribution in [3.63, 3.8) is 0 Å². The van der Waals surface area contributed by atoms with Gasteiger partial charge in [0, 0.05) is 25.9 Å². The van der Waals surface area contributed by atoms with E-state index in [0.29, 0.717) is 0 Å². The van der Waals surface area contributed by atoms with Crippen molar-refractivity contribution in [2.45, 2.75) is 0 Å². The van der Waals surface area contributed by atoms with Crippen LogP contribution in [0.1, 0.15) is 10.4 Å². The standard InChI is InChI=1S/C12H11FN2O/c1-15(2)8-10(7-14)12(16)9-4-3-5-11(13)6-9/h3-6,8H,1-2H3/b10-8-. The van der Waals surface area contributed by atoms with E-state index in [4.69, 9.17) is 5.26 Å². The zero-order valence-electron chi connectivity index (χ0n) is 9.07. The predicted octanol–water partition coefficient (Wildman–Crippen LogP) is 1.98. The lowest BCUT2D eigenvalue weighted by atomic mass is 10.1. The van der Waals surface area contributed by atoms with Crippen molar-refractivity contribution in [3.05, 3.63) is 47.4 Å². The SMILES string of the molecule is CN(C)/C=C(/C#N)C(=O)c1cccc(F)c1. The van der Waals surface area contributed by atoms with Gasteiger partial charge in [-0.05, 0) is 12.1 Å². The molecule has 0 saturated heterocycles. The highest BCUT2D eigenvalue weighted by atomic mass is 19.1. The van der Waals surface area contributed by atoms with Gasteiger partial charge in [0.15, 0.2) is 0 Å². The number of ketones is 1. The summed E-state index contributed by atoms with van der Waals surface area (Å²) in [7, 11) is 3.41. The molecule has 16 heavy (non-hydrogen) atoms. The van der Waals surface area contributed by atoms with E-state index < -0.39 is 11.6 Å². The van der Waals surface area contributed by atoms with Crippen molar-refractivity contribution < 1.29 is 9.18 Å². The van der Waals surface area contributed by atoms with Crippen molar-refractivity contribution in [2.24, 2.45) is 0 Å². The number of halogens is 1. The molecule has 1 aromatic carbocycles. The van der Waals surface area contributed by atoms with Gasteiger partial charge in [-0.15, -0.1) is 0 Å². The van der Waals surface area contributed by atoms with Gasteiger partial charge in [0.2, 0.25) is 5.78 Å². The molecule has 1 rings (SSSR count). The summed E-state index contributed by atoms with van der Waals surface area (Å²) >= 11 is 0. The van der Waals surface area contributed by atoms with Crippen LogP contribution in [0.3, 0.4) is 0 Å². The van der Waals surface area contributed by atoms with Gasteiger partial charge in [-0.25, -0.2) is 4.39 Å². The number of hydrogen-bond acceptors (Lipinski definition) is 3. The maximum absolute atomic E-state index is 12.9. The minimum atomic E-state index is -0.493. The molecule has 1 aromatic rings. The van der Waals surface area contributed by atoms with E-state index >= 15 is 0 Å². The summed E-state index contributed by atoms with van der Waals surface area (Å²) in [5.41, 5.74) is 0.158. The quantitative estimate of drug-likeness (QED) is 0.442. The van der Waals surface area contributed by atoms with Crippen molar-refractivity contribution in [1.82, 2.24) is 4.90 Å². The Hall–Kier alpha value is -2.15. The first-order valence-electron chi connectivity index (χ1n) is 4.63. The summed E-state index contributed by atoms with van der Waals surface area (Å²) in [5, 5.41) is 8.82. The summed E-state index contributed by atoms with van der Waals surface area (Å²) in [6.45, 7) is 0. The Morgan fingerprint density at radius 2 is 2.19 bits per heavy atom. The Bertz CT molecular complexity index is 472. The highest BCUT2D eigenvalue weighted by molar-refractivity contribution is 6.11. The number of allylic oxidation sites excluding steroid dienone is 1. The predicted molar refractivity (Wildman–Crippen MR) is 58.1 cm³/mol. The number of carbonyl (C=O) groups is 1. The van der Waals surface area contributed by atoms with E-state index in [2.05, 4.69) is 0 Å². The number of nitriles is 1. The molecule has 0 aliphatic carbocycles. The van der Waals surface area contributed by atoms with Gasteiger partial charge >= 0.3 is 0 Å². The van der Waals surface area contributed by atoms with Gasteiger partial charge in [-0.1, -0.05) is 12.1 Å². The third-order valence-corrected chi connectivity index (χ3v) is 1.84. The lowest BCUT2D eigenvalue weighted by Gasteiger charge is -2.05. The Labute approximate surface area is 93.4 Å². The van der Waals surface area contributed by atoms with E-state index in [-0.39, 0.29) is 11.1 Å². The molecule has 0 bridgehead atoms. The topological polar surface area (TPSA) is 44.1 Å². The van der Waals surface area contributed by atoms with Crippen LogP contribution < -0.4 is 0 Å². The Kier molecular flexibility index (Phi) is 3.78. The van der Waals surface area contributed by atoms with Crippen LogP contribution in [0, 0.1) is 17.1 Å². The van der Waals surface area contributed by atoms with Crippen LogP contribution in [-0.4, -0.2) is 24.8 Å². The van der Waals surface area contributed by atoms with Crippen LogP contribution in [0.4, 0.5) is 4.39 Å². The molecule has 0 aliphatic rings. The van der Waals surface area contributed by atoms with E-state index in [1.54, 1.807) is 25.1 Å². The number of nitrogens with zero attached hydrogens (tertiary/aromatic N) is 2. The molecule has 0 unspecified atom stereocenters. The van der Waals surface area contributed by atoms with Crippen LogP contribution in [0.5, 0.6) is 0 Å². The zero-order valence-corrected chi connectivity index (χ0v) is 9.07. The van der Waals surface area contributed by atoms with Gasteiger partial charge < -0.3 is 4.90 Å². The average molecular weight is 218 g/mol. The van der Waals surface area contributed by atoms with E-state index in [9.17, 15) is 9.18 Å². The highest BCUT2D eigenvalue weighted by Crippen LogP contribution is 2.10. The summed E-state index contributed by atoms with van der Waals surface area (Å²) < 4.78 is 12.9. The molecule has 3 nitrogen and oxygen atoms in total. The first-order chi connectivity index (χ1) is 7.54. The zero-order chi connectivity index (χ0) is 12.1. The van der Waals surface area contributed by atoms with Gasteiger partial charge in [0.25, 0.3) is 0 Å². The molecular weight excluding hydrogens is 207 g/mol. The first-order valence-corrected chi connectivity index (χ1v) is 4.63. The fraction of sp³-hybridized carbons (Fsp3) is 0.167. The fourth-order valence-electron chi connectivity index (χ4n) is 1.18. The van der Waals surface area contributed by atoms with Crippen LogP contribution in [-0.2, 0) is 0 Å². The molecule has 0 N–H and O–H groups in total. The summed E-state index contributed by atoms with van der Waals surface area (Å²) in [5.74, 6) is -0.969. The smallest absolute Gasteiger partial charge is 0.205 e. The normalized spacial score (nSPS) is 10.8. The molecule has 0 fully saturated rings. The second kappa shape index (κ2) is 5.08. The number of carbonyl (C=O) groups excluding carboxylic acids is 1. The highest BCUT2D eigenvalue weighted by Gasteiger charge is 2.12. The molecule has 0 atom stereocenters. The molecule has 0 aromatic heterocycles. The van der Waals surface area contributed by atoms with Gasteiger partial charge in [0.05, 0.1) is 0 Å². The number of rotatable bonds is 3. The van der Waals surface area contributed by atoms with E-state index in [0.717, 1.165) is 6.07 Å². The Morgan fingerprint density at radius 1 is 1.50 bits per heavy atom. The molecule has 82 valence electrons. The summed E-state index contributed by atoms with van der Waals surface area (Å²) in [6.07, 6.45) is 1.41. The van der Waals surface area contributed by atoms with Crippen molar-refractivity contribution in [3.8, 4) is 6.07 Å². The third kappa shape index (κ3) is 2.92. The van der Waals surface area contributed by atoms with Crippen LogP contribution in [0.15, 0.2) is 36.0 Å². The van der Waals surface area contributed by atoms with Gasteiger partial charge in [-0.2, -0.15) is 5.26 Å². The molecule has 0 aliphatic heterocycles. The van der Waals surface area contributed by atoms with Crippen LogP contribution in [0.2, 0.25) is 0 Å². The maximum Gasteiger partial charge on any atom is 0.205 e. The van der Waals surface area contributed by atoms with E-state index in [1.165, 1.54) is 24.4 Å². The van der Waals surface area contributed by atoms with Crippen molar-refractivity contribution in [2.75, 3.05) is 14.1 Å². The first kappa shape index (κ1) is 11.9. The number of hydrogen-bond donors (Lipinski definition) is 0. The molecule has 4 heteroatoms. The number of Topliss-reactive ketones (excluding diaryl/α,β-unsaturated/α-hetero) is 1. The Morgan fingerprint density at radius 3 is 2.69 bits per heavy atom. The second-order valence-electron chi connectivity index (χ2n) is 3.46. The lowest BCUT2D eigenvalue weighted by Crippen LogP contribution is -2.09. The van der Waals surface area contributed by atoms with Crippen LogP contribution >= 0.6 is 0 Å². The Balaban J connectivity index is 3.07. The minimum Gasteiger partial charge on any atom is -0.382 e. The maximum atomic E-state index is 12.9. The largest absolute Gasteiger partial charge is 0.382 e. The van der Waals surface area contributed by atoms with Gasteiger partial charge in [-0.3, -0.25) is 4.79 Å². The second-order valence-corrected chi connectivity index (χ2v) is 3.46. The monoisotopic (exact) mass is 218 g/mol. The molecular formula is C12H11FN2O. The summed E-state index contributed by atoms with van der Waals surface area (Å²) in [4.78, 5) is 13.4. The van der Waals surface area contributed by atoms with Crippen LogP contribution in [0.25, 0.3) is 0 Å². The summed E-state index contributed by atoms with van der Waals surface area (Å²) in [6, 6.07) is 7.08. The molecule has 0 radical (unpaired) electrons. The molecule has 0 amide bonds. The minimum absolute atomic E-state index is 0.0180. The fourth-order valence-corrected chi connectivity index (χ4v) is 1.18. The lowest BCUT2D eigenvalue weighted by molar-refractivity contribution is 0.103. The van der Waals surface area contributed by atoms with Crippen molar-refractivity contribution >= 4 is 5.78 Å². The molecule has 0 heterocycles. The van der Waals surface area contributed by atoms with Crippen molar-refractivity contribution in [1.29, 1.82) is 5.26 Å². The molecule has 0 saturated carbocycles. The molecule has 0 spiro atoms. The number of benzene rings is 1. The average Bonchev–Trinajstić information content (AvgIpc) is 2.24. The third-order valence-electron chi connectivity index (χ3n) is 1.84. The van der Waals surface area contributed by atoms with Gasteiger partial charge in [0.1, 0.15) is 17.5 Å². The van der Waals surface area contributed by atoms with E-state index in [1.807, 2.05) is 0 Å².